The Morgan fingerprint density at radius 2 is 0.965 bits per heavy atom. The van der Waals surface area contributed by atoms with Crippen LogP contribution in [0.15, 0.2) is 182 Å². The first-order chi connectivity index (χ1) is 28.3. The maximum absolute atomic E-state index is 6.33. The topological polar surface area (TPSA) is 44.9 Å². The Labute approximate surface area is 326 Å². The molecule has 0 bridgehead atoms. The molecule has 0 amide bonds. The van der Waals surface area contributed by atoms with Crippen LogP contribution in [-0.2, 0) is 0 Å². The molecule has 12 aromatic rings. The maximum atomic E-state index is 6.33. The van der Waals surface area contributed by atoms with E-state index in [1.54, 1.807) is 0 Å². The number of benzene rings is 9. The molecule has 0 unspecified atom stereocenters. The zero-order chi connectivity index (χ0) is 37.2. The van der Waals surface area contributed by atoms with Crippen LogP contribution in [0.4, 0.5) is 0 Å². The normalized spacial score (nSPS) is 12.4. The van der Waals surface area contributed by atoms with Crippen molar-refractivity contribution in [2.75, 3.05) is 0 Å². The molecule has 57 heavy (non-hydrogen) atoms. The molecule has 1 aliphatic rings. The second-order valence-corrected chi connectivity index (χ2v) is 15.0. The van der Waals surface area contributed by atoms with Crippen LogP contribution >= 0.6 is 0 Å². The summed E-state index contributed by atoms with van der Waals surface area (Å²) in [7, 11) is 0. The van der Waals surface area contributed by atoms with E-state index in [0.29, 0.717) is 5.95 Å². The summed E-state index contributed by atoms with van der Waals surface area (Å²) in [5.74, 6) is 2.22. The van der Waals surface area contributed by atoms with Gasteiger partial charge in [0, 0.05) is 32.8 Å². The van der Waals surface area contributed by atoms with E-state index in [0.717, 1.165) is 61.3 Å². The second kappa shape index (κ2) is 11.4. The molecule has 0 saturated carbocycles. The lowest BCUT2D eigenvalue weighted by atomic mass is 9.98. The zero-order valence-electron chi connectivity index (χ0n) is 30.5. The number of ether oxygens (including phenoxy) is 1. The van der Waals surface area contributed by atoms with Crippen LogP contribution < -0.4 is 4.74 Å². The van der Waals surface area contributed by atoms with Crippen molar-refractivity contribution in [2.45, 2.75) is 0 Å². The van der Waals surface area contributed by atoms with E-state index in [1.807, 2.05) is 30.3 Å². The van der Waals surface area contributed by atoms with Gasteiger partial charge in [-0.25, -0.2) is 9.97 Å². The Kier molecular flexibility index (Phi) is 6.10. The van der Waals surface area contributed by atoms with Crippen molar-refractivity contribution < 1.29 is 4.74 Å². The van der Waals surface area contributed by atoms with Gasteiger partial charge in [-0.2, -0.15) is 0 Å². The standard InChI is InChI=1S/C52H30N4O/c1-2-13-35(14-3-1)55-42-25-23-33(29-39(42)48-36-15-6-4-11-31(36)21-27-44(48)55)34-24-26-43-40(30-34)49-37-16-7-5-12-32(37)22-28-45(49)56(43)52-53-41-18-10-20-47-50(41)51(54-52)38-17-8-9-19-46(38)57-47/h1-30H. The molecule has 9 aromatic carbocycles. The van der Waals surface area contributed by atoms with Gasteiger partial charge in [-0.3, -0.25) is 4.57 Å². The third-order valence-corrected chi connectivity index (χ3v) is 11.9. The quantitative estimate of drug-likeness (QED) is 0.182. The Morgan fingerprint density at radius 3 is 1.68 bits per heavy atom. The van der Waals surface area contributed by atoms with E-state index in [9.17, 15) is 0 Å². The van der Waals surface area contributed by atoms with Crippen LogP contribution in [0.25, 0.3) is 110 Å². The first-order valence-corrected chi connectivity index (χ1v) is 19.3. The smallest absolute Gasteiger partial charge is 0.235 e. The third kappa shape index (κ3) is 4.28. The fraction of sp³-hybridized carbons (Fsp3) is 0. The Balaban J connectivity index is 1.08. The molecule has 0 radical (unpaired) electrons. The van der Waals surface area contributed by atoms with Crippen LogP contribution in [0, 0.1) is 0 Å². The SMILES string of the molecule is c1ccc(-n2c3ccc(-c4ccc5c(c4)c4c6ccccc6ccc4n5-c4nc5c6c(cccc6n4)Oc4ccccc4-5)cc3c3c4ccccc4ccc32)cc1. The molecule has 13 rings (SSSR count). The van der Waals surface area contributed by atoms with E-state index >= 15 is 0 Å². The first kappa shape index (κ1) is 30.6. The molecule has 0 spiro atoms. The Morgan fingerprint density at radius 1 is 0.386 bits per heavy atom. The van der Waals surface area contributed by atoms with Gasteiger partial charge in [0.05, 0.1) is 38.7 Å². The van der Waals surface area contributed by atoms with Crippen LogP contribution in [0.2, 0.25) is 0 Å². The van der Waals surface area contributed by atoms with Gasteiger partial charge >= 0.3 is 0 Å². The Bertz CT molecular complexity index is 3670. The largest absolute Gasteiger partial charge is 0.456 e. The molecule has 0 aliphatic carbocycles. The van der Waals surface area contributed by atoms with Crippen LogP contribution in [0.5, 0.6) is 11.5 Å². The highest BCUT2D eigenvalue weighted by molar-refractivity contribution is 6.23. The highest BCUT2D eigenvalue weighted by Gasteiger charge is 2.25. The monoisotopic (exact) mass is 726 g/mol. The fourth-order valence-corrected chi connectivity index (χ4v) is 9.40. The Hall–Kier alpha value is -7.76. The zero-order valence-corrected chi connectivity index (χ0v) is 30.5. The molecule has 0 saturated heterocycles. The van der Waals surface area contributed by atoms with Crippen molar-refractivity contribution in [3.8, 4) is 45.5 Å². The van der Waals surface area contributed by atoms with Crippen LogP contribution in [0.1, 0.15) is 0 Å². The van der Waals surface area contributed by atoms with E-state index < -0.39 is 0 Å². The third-order valence-electron chi connectivity index (χ3n) is 11.9. The molecular formula is C52H30N4O. The average molecular weight is 727 g/mol. The number of para-hydroxylation sites is 2. The molecule has 0 N–H and O–H groups in total. The number of aromatic nitrogens is 4. The van der Waals surface area contributed by atoms with E-state index in [2.05, 4.69) is 161 Å². The van der Waals surface area contributed by atoms with Crippen LogP contribution in [0.3, 0.4) is 0 Å². The van der Waals surface area contributed by atoms with Crippen molar-refractivity contribution in [1.29, 1.82) is 0 Å². The summed E-state index contributed by atoms with van der Waals surface area (Å²) in [6, 6.07) is 65.0. The number of rotatable bonds is 3. The summed E-state index contributed by atoms with van der Waals surface area (Å²) in [5.41, 5.74) is 10.7. The minimum absolute atomic E-state index is 0.636. The molecule has 1 aliphatic heterocycles. The van der Waals surface area contributed by atoms with Gasteiger partial charge < -0.3 is 9.30 Å². The van der Waals surface area contributed by atoms with Gasteiger partial charge in [-0.1, -0.05) is 109 Å². The maximum Gasteiger partial charge on any atom is 0.235 e. The number of nitrogens with zero attached hydrogens (tertiary/aromatic N) is 4. The minimum Gasteiger partial charge on any atom is -0.456 e. The second-order valence-electron chi connectivity index (χ2n) is 15.0. The molecular weight excluding hydrogens is 697 g/mol. The lowest BCUT2D eigenvalue weighted by Crippen LogP contribution is -2.06. The van der Waals surface area contributed by atoms with Crippen molar-refractivity contribution in [3.63, 3.8) is 0 Å². The summed E-state index contributed by atoms with van der Waals surface area (Å²) < 4.78 is 11.0. The van der Waals surface area contributed by atoms with Gasteiger partial charge in [0.2, 0.25) is 5.95 Å². The summed E-state index contributed by atoms with van der Waals surface area (Å²) in [4.78, 5) is 10.6. The number of hydrogen-bond donors (Lipinski definition) is 0. The summed E-state index contributed by atoms with van der Waals surface area (Å²) in [5, 5.41) is 10.7. The molecule has 5 nitrogen and oxygen atoms in total. The summed E-state index contributed by atoms with van der Waals surface area (Å²) >= 11 is 0. The molecule has 4 heterocycles. The van der Waals surface area contributed by atoms with Gasteiger partial charge in [-0.05, 0) is 105 Å². The molecule has 264 valence electrons. The van der Waals surface area contributed by atoms with E-state index in [1.165, 1.54) is 54.3 Å². The average Bonchev–Trinajstić information content (AvgIpc) is 3.79. The number of fused-ring (bicyclic) bond motifs is 12. The van der Waals surface area contributed by atoms with E-state index in [-0.39, 0.29) is 0 Å². The lowest BCUT2D eigenvalue weighted by Gasteiger charge is -2.21. The summed E-state index contributed by atoms with van der Waals surface area (Å²) in [6.45, 7) is 0. The summed E-state index contributed by atoms with van der Waals surface area (Å²) in [6.07, 6.45) is 0. The predicted octanol–water partition coefficient (Wildman–Crippen LogP) is 13.6. The molecule has 0 atom stereocenters. The van der Waals surface area contributed by atoms with Gasteiger partial charge in [-0.15, -0.1) is 0 Å². The lowest BCUT2D eigenvalue weighted by molar-refractivity contribution is 0.486. The molecule has 5 heteroatoms. The fourth-order valence-electron chi connectivity index (χ4n) is 9.40. The van der Waals surface area contributed by atoms with Crippen molar-refractivity contribution in [3.05, 3.63) is 182 Å². The first-order valence-electron chi connectivity index (χ1n) is 19.3. The van der Waals surface area contributed by atoms with Gasteiger partial charge in [0.25, 0.3) is 0 Å². The molecule has 3 aromatic heterocycles. The molecule has 0 fully saturated rings. The predicted molar refractivity (Wildman–Crippen MR) is 234 cm³/mol. The number of hydrogen-bond acceptors (Lipinski definition) is 3. The van der Waals surface area contributed by atoms with Crippen molar-refractivity contribution >= 4 is 76.1 Å². The van der Waals surface area contributed by atoms with E-state index in [4.69, 9.17) is 14.7 Å². The highest BCUT2D eigenvalue weighted by Crippen LogP contribution is 2.46. The minimum atomic E-state index is 0.636. The van der Waals surface area contributed by atoms with Crippen LogP contribution in [-0.4, -0.2) is 19.1 Å². The van der Waals surface area contributed by atoms with Crippen molar-refractivity contribution in [2.24, 2.45) is 0 Å². The van der Waals surface area contributed by atoms with Gasteiger partial charge in [0.1, 0.15) is 11.5 Å². The van der Waals surface area contributed by atoms with Crippen molar-refractivity contribution in [1.82, 2.24) is 19.1 Å². The highest BCUT2D eigenvalue weighted by atomic mass is 16.5. The van der Waals surface area contributed by atoms with Gasteiger partial charge in [0.15, 0.2) is 0 Å².